The van der Waals surface area contributed by atoms with Gasteiger partial charge in [-0.25, -0.2) is 10.4 Å². The molecule has 6 rings (SSSR count). The molecule has 1 amide bonds. The molecule has 10 nitrogen and oxygen atoms in total. The number of carbonyl (C=O) groups excluding carboxylic acids is 1. The largest absolute Gasteiger partial charge is 0.494 e. The normalized spacial score (nSPS) is 16.5. The van der Waals surface area contributed by atoms with Crippen LogP contribution in [0.5, 0.6) is 5.75 Å². The molecule has 5 aromatic carbocycles. The fraction of sp³-hybridized carbons (Fsp3) is 0.179. The van der Waals surface area contributed by atoms with Crippen molar-refractivity contribution in [3.63, 3.8) is 0 Å². The summed E-state index contributed by atoms with van der Waals surface area (Å²) in [6.07, 6.45) is -0.345. The fourth-order valence-electron chi connectivity index (χ4n) is 5.85. The maximum absolute atomic E-state index is 14.7. The lowest BCUT2D eigenvalue weighted by Crippen LogP contribution is -2.53. The number of benzene rings is 5. The Labute approximate surface area is 305 Å². The minimum atomic E-state index is -1.57. The van der Waals surface area contributed by atoms with E-state index in [1.54, 1.807) is 42.5 Å². The van der Waals surface area contributed by atoms with Gasteiger partial charge in [0.2, 0.25) is 5.90 Å². The summed E-state index contributed by atoms with van der Waals surface area (Å²) in [5.41, 5.74) is 18.8. The SMILES string of the molecule is [N-]=[N+]=Nc1ccccc1C[C@]1(C(=O)NNCc2ccc(Cl)cc2Cl)N=C(c2ccc(OCCCO)cc2)O[C@H]1c1ccc(-c2ccccc2)cc1. The summed E-state index contributed by atoms with van der Waals surface area (Å²) >= 11 is 12.5. The summed E-state index contributed by atoms with van der Waals surface area (Å²) in [5.74, 6) is 0.404. The first-order valence-corrected chi connectivity index (χ1v) is 17.0. The smallest absolute Gasteiger partial charge is 0.266 e. The molecule has 1 heterocycles. The number of nitrogens with one attached hydrogen (secondary N) is 2. The van der Waals surface area contributed by atoms with E-state index in [4.69, 9.17) is 42.8 Å². The summed E-state index contributed by atoms with van der Waals surface area (Å²) in [6.45, 7) is 0.611. The van der Waals surface area contributed by atoms with Crippen molar-refractivity contribution in [1.82, 2.24) is 10.9 Å². The number of aliphatic imine (C=N–C) groups is 1. The summed E-state index contributed by atoms with van der Waals surface area (Å²) in [4.78, 5) is 22.8. The Kier molecular flexibility index (Phi) is 11.5. The number of rotatable bonds is 14. The van der Waals surface area contributed by atoms with Crippen LogP contribution in [0, 0.1) is 0 Å². The van der Waals surface area contributed by atoms with Crippen molar-refractivity contribution >= 4 is 40.7 Å². The van der Waals surface area contributed by atoms with E-state index in [0.717, 1.165) is 22.3 Å². The van der Waals surface area contributed by atoms with Gasteiger partial charge in [-0.3, -0.25) is 10.2 Å². The molecule has 2 atom stereocenters. The number of aliphatic hydroxyl groups is 1. The van der Waals surface area contributed by atoms with Crippen molar-refractivity contribution in [3.8, 4) is 16.9 Å². The van der Waals surface area contributed by atoms with Crippen molar-refractivity contribution in [3.05, 3.63) is 164 Å². The minimum Gasteiger partial charge on any atom is -0.494 e. The Morgan fingerprint density at radius 3 is 2.33 bits per heavy atom. The molecular weight excluding hydrogens is 687 g/mol. The lowest BCUT2D eigenvalue weighted by atomic mass is 9.81. The van der Waals surface area contributed by atoms with Crippen LogP contribution in [-0.4, -0.2) is 35.7 Å². The molecule has 0 fully saturated rings. The van der Waals surface area contributed by atoms with Gasteiger partial charge in [0.1, 0.15) is 5.75 Å². The van der Waals surface area contributed by atoms with E-state index in [0.29, 0.717) is 45.6 Å². The van der Waals surface area contributed by atoms with Crippen LogP contribution in [-0.2, 0) is 22.5 Å². The molecule has 0 aromatic heterocycles. The van der Waals surface area contributed by atoms with E-state index in [2.05, 4.69) is 20.9 Å². The van der Waals surface area contributed by atoms with Gasteiger partial charge in [-0.05, 0) is 69.7 Å². The van der Waals surface area contributed by atoms with Gasteiger partial charge >= 0.3 is 0 Å². The van der Waals surface area contributed by atoms with Crippen molar-refractivity contribution in [2.75, 3.05) is 13.2 Å². The Hall–Kier alpha value is -5.35. The second kappa shape index (κ2) is 16.6. The summed E-state index contributed by atoms with van der Waals surface area (Å²) in [7, 11) is 0. The maximum atomic E-state index is 14.7. The lowest BCUT2D eigenvalue weighted by Gasteiger charge is -2.31. The highest BCUT2D eigenvalue weighted by atomic mass is 35.5. The second-order valence-electron chi connectivity index (χ2n) is 11.8. The molecule has 12 heteroatoms. The highest BCUT2D eigenvalue weighted by Gasteiger charge is 2.53. The predicted octanol–water partition coefficient (Wildman–Crippen LogP) is 8.68. The van der Waals surface area contributed by atoms with E-state index in [-0.39, 0.29) is 25.5 Å². The molecule has 0 spiro atoms. The zero-order chi connectivity index (χ0) is 35.6. The van der Waals surface area contributed by atoms with Crippen LogP contribution >= 0.6 is 23.2 Å². The average Bonchev–Trinajstić information content (AvgIpc) is 3.54. The maximum Gasteiger partial charge on any atom is 0.266 e. The molecule has 1 aliphatic rings. The molecular formula is C39H34Cl2N6O4. The third kappa shape index (κ3) is 8.35. The molecule has 3 N–H and O–H groups in total. The molecule has 0 unspecified atom stereocenters. The van der Waals surface area contributed by atoms with Gasteiger partial charge in [0.05, 0.1) is 6.61 Å². The van der Waals surface area contributed by atoms with E-state index in [1.165, 1.54) is 0 Å². The van der Waals surface area contributed by atoms with Gasteiger partial charge < -0.3 is 14.6 Å². The molecule has 0 saturated heterocycles. The van der Waals surface area contributed by atoms with Gasteiger partial charge in [-0.2, -0.15) is 0 Å². The van der Waals surface area contributed by atoms with Crippen LogP contribution in [0.3, 0.4) is 0 Å². The molecule has 0 bridgehead atoms. The summed E-state index contributed by atoms with van der Waals surface area (Å²) in [6, 6.07) is 37.2. The Bertz CT molecular complexity index is 2060. The van der Waals surface area contributed by atoms with E-state index < -0.39 is 17.6 Å². The Balaban J connectivity index is 1.41. The summed E-state index contributed by atoms with van der Waals surface area (Å²) < 4.78 is 12.4. The van der Waals surface area contributed by atoms with E-state index in [1.807, 2.05) is 78.9 Å². The number of amides is 1. The molecule has 51 heavy (non-hydrogen) atoms. The summed E-state index contributed by atoms with van der Waals surface area (Å²) in [5, 5.41) is 14.0. The number of hydrogen-bond donors (Lipinski definition) is 3. The predicted molar refractivity (Wildman–Crippen MR) is 199 cm³/mol. The van der Waals surface area contributed by atoms with Crippen LogP contribution in [0.15, 0.2) is 131 Å². The Morgan fingerprint density at radius 1 is 0.902 bits per heavy atom. The van der Waals surface area contributed by atoms with Gasteiger partial charge in [0.25, 0.3) is 5.91 Å². The first kappa shape index (κ1) is 35.5. The second-order valence-corrected chi connectivity index (χ2v) is 12.7. The first-order chi connectivity index (χ1) is 24.9. The number of aliphatic hydroxyl groups excluding tert-OH is 1. The number of hydrogen-bond acceptors (Lipinski definition) is 7. The zero-order valence-corrected chi connectivity index (χ0v) is 28.9. The first-order valence-electron chi connectivity index (χ1n) is 16.3. The van der Waals surface area contributed by atoms with Gasteiger partial charge in [-0.1, -0.05) is 113 Å². The Morgan fingerprint density at radius 2 is 1.61 bits per heavy atom. The fourth-order valence-corrected chi connectivity index (χ4v) is 6.33. The van der Waals surface area contributed by atoms with E-state index >= 15 is 0 Å². The standard InChI is InChI=1S/C39H34Cl2N6O4/c40-32-18-15-31(34(41)23-32)25-43-46-38(49)39(24-30-9-4-5-10-35(30)45-47-42)36(28-13-11-27(12-14-28)26-7-2-1-3-8-26)51-37(44-39)29-16-19-33(20-17-29)50-22-6-21-48/h1-5,7-20,23,36,43,48H,6,21-22,24-25H2,(H,46,49)/t36-,39-/m0/s1. The van der Waals surface area contributed by atoms with Gasteiger partial charge in [0.15, 0.2) is 11.6 Å². The van der Waals surface area contributed by atoms with Gasteiger partial charge in [-0.15, -0.1) is 0 Å². The van der Waals surface area contributed by atoms with Crippen molar-refractivity contribution < 1.29 is 19.4 Å². The van der Waals surface area contributed by atoms with Crippen LogP contribution in [0.1, 0.15) is 34.8 Å². The van der Waals surface area contributed by atoms with Crippen molar-refractivity contribution in [2.24, 2.45) is 10.1 Å². The number of azide groups is 1. The number of halogens is 2. The van der Waals surface area contributed by atoms with Gasteiger partial charge in [0, 0.05) is 52.2 Å². The third-order valence-electron chi connectivity index (χ3n) is 8.45. The third-order valence-corrected chi connectivity index (χ3v) is 9.04. The zero-order valence-electron chi connectivity index (χ0n) is 27.4. The topological polar surface area (TPSA) is 141 Å². The highest BCUT2D eigenvalue weighted by Crippen LogP contribution is 2.44. The van der Waals surface area contributed by atoms with Crippen LogP contribution < -0.4 is 15.6 Å². The molecule has 5 aromatic rings. The molecule has 0 saturated carbocycles. The quantitative estimate of drug-likeness (QED) is 0.0346. The van der Waals surface area contributed by atoms with Crippen LogP contribution in [0.4, 0.5) is 5.69 Å². The van der Waals surface area contributed by atoms with E-state index in [9.17, 15) is 10.3 Å². The van der Waals surface area contributed by atoms with Crippen molar-refractivity contribution in [2.45, 2.75) is 31.0 Å². The van der Waals surface area contributed by atoms with Crippen LogP contribution in [0.25, 0.3) is 21.6 Å². The van der Waals surface area contributed by atoms with Crippen molar-refractivity contribution in [1.29, 1.82) is 0 Å². The molecule has 0 radical (unpaired) electrons. The average molecular weight is 722 g/mol. The lowest BCUT2D eigenvalue weighted by molar-refractivity contribution is -0.130. The monoisotopic (exact) mass is 720 g/mol. The molecule has 0 aliphatic carbocycles. The molecule has 1 aliphatic heterocycles. The molecule has 258 valence electrons. The number of ether oxygens (including phenoxy) is 2. The number of carbonyl (C=O) groups is 1. The highest BCUT2D eigenvalue weighted by molar-refractivity contribution is 6.35. The number of hydrazine groups is 1. The number of nitrogens with zero attached hydrogens (tertiary/aromatic N) is 4. The van der Waals surface area contributed by atoms with Crippen LogP contribution in [0.2, 0.25) is 10.0 Å². The minimum absolute atomic E-state index is 0.0327.